The first-order valence-corrected chi connectivity index (χ1v) is 8.08. The molecule has 2 rings (SSSR count). The van der Waals surface area contributed by atoms with Crippen molar-refractivity contribution in [2.24, 2.45) is 0 Å². The molecular weight excluding hydrogens is 368 g/mol. The predicted molar refractivity (Wildman–Crippen MR) is 90.6 cm³/mol. The number of hydrogen-bond donors (Lipinski definition) is 1. The van der Waals surface area contributed by atoms with Crippen molar-refractivity contribution >= 4 is 33.4 Å². The van der Waals surface area contributed by atoms with Gasteiger partial charge in [-0.05, 0) is 41.1 Å². The van der Waals surface area contributed by atoms with Crippen LogP contribution >= 0.6 is 27.5 Å². The van der Waals surface area contributed by atoms with Crippen molar-refractivity contribution in [3.05, 3.63) is 58.3 Å². The largest absolute Gasteiger partial charge is 0.491 e. The highest BCUT2D eigenvalue weighted by molar-refractivity contribution is 9.10. The number of nitrogens with one attached hydrogen (secondary N) is 1. The van der Waals surface area contributed by atoms with Gasteiger partial charge in [0.15, 0.2) is 0 Å². The van der Waals surface area contributed by atoms with E-state index in [2.05, 4.69) is 26.2 Å². The molecule has 0 bridgehead atoms. The maximum Gasteiger partial charge on any atom is 0.252 e. The molecule has 4 nitrogen and oxygen atoms in total. The normalized spacial score (nSPS) is 11.8. The maximum absolute atomic E-state index is 12.2. The molecule has 1 N–H and O–H groups in total. The Morgan fingerprint density at radius 2 is 2.09 bits per heavy atom. The van der Waals surface area contributed by atoms with Crippen LogP contribution in [0.3, 0.4) is 0 Å². The van der Waals surface area contributed by atoms with Gasteiger partial charge in [0.1, 0.15) is 12.4 Å². The van der Waals surface area contributed by atoms with Crippen LogP contribution in [0.15, 0.2) is 47.2 Å². The minimum Gasteiger partial charge on any atom is -0.491 e. The quantitative estimate of drug-likeness (QED) is 0.776. The van der Waals surface area contributed by atoms with E-state index < -0.39 is 0 Å². The molecule has 0 saturated carbocycles. The van der Waals surface area contributed by atoms with Crippen LogP contribution in [0.2, 0.25) is 0 Å². The number of carbonyl (C=O) groups excluding carboxylic acids is 1. The zero-order valence-corrected chi connectivity index (χ0v) is 14.4. The second-order valence-corrected chi connectivity index (χ2v) is 5.97. The number of benzene rings is 1. The zero-order valence-electron chi connectivity index (χ0n) is 12.1. The van der Waals surface area contributed by atoms with E-state index in [1.165, 1.54) is 0 Å². The van der Waals surface area contributed by atoms with E-state index in [4.69, 9.17) is 16.3 Å². The van der Waals surface area contributed by atoms with Crippen molar-refractivity contribution in [2.45, 2.75) is 13.0 Å². The molecule has 1 unspecified atom stereocenters. The van der Waals surface area contributed by atoms with Gasteiger partial charge in [-0.15, -0.1) is 11.6 Å². The molecule has 1 aromatic carbocycles. The summed E-state index contributed by atoms with van der Waals surface area (Å²) in [6.07, 6.45) is 3.14. The lowest BCUT2D eigenvalue weighted by atomic mass is 10.2. The van der Waals surface area contributed by atoms with E-state index in [9.17, 15) is 4.79 Å². The van der Waals surface area contributed by atoms with Crippen LogP contribution in [0.5, 0.6) is 5.75 Å². The Labute approximate surface area is 143 Å². The van der Waals surface area contributed by atoms with Crippen molar-refractivity contribution in [3.8, 4) is 5.75 Å². The Bertz CT molecular complexity index is 634. The molecule has 0 radical (unpaired) electrons. The Balaban J connectivity index is 1.93. The van der Waals surface area contributed by atoms with Crippen molar-refractivity contribution in [3.63, 3.8) is 0 Å². The van der Waals surface area contributed by atoms with Gasteiger partial charge < -0.3 is 10.1 Å². The highest BCUT2D eigenvalue weighted by Gasteiger charge is 2.15. The number of rotatable bonds is 6. The lowest BCUT2D eigenvalue weighted by molar-refractivity contribution is 0.0926. The number of alkyl halides is 1. The van der Waals surface area contributed by atoms with E-state index in [-0.39, 0.29) is 17.8 Å². The number of hydrogen-bond acceptors (Lipinski definition) is 3. The first kappa shape index (κ1) is 16.8. The summed E-state index contributed by atoms with van der Waals surface area (Å²) in [6, 6.07) is 9.08. The van der Waals surface area contributed by atoms with Crippen LogP contribution < -0.4 is 10.1 Å². The van der Waals surface area contributed by atoms with E-state index in [0.717, 1.165) is 11.3 Å². The monoisotopic (exact) mass is 382 g/mol. The van der Waals surface area contributed by atoms with Crippen LogP contribution in [0.25, 0.3) is 0 Å². The van der Waals surface area contributed by atoms with Crippen molar-refractivity contribution in [1.82, 2.24) is 10.3 Å². The van der Waals surface area contributed by atoms with Crippen molar-refractivity contribution in [2.75, 3.05) is 12.5 Å². The van der Waals surface area contributed by atoms with Gasteiger partial charge in [0.2, 0.25) is 0 Å². The Morgan fingerprint density at radius 3 is 2.73 bits per heavy atom. The van der Waals surface area contributed by atoms with Gasteiger partial charge in [0, 0.05) is 22.7 Å². The molecule has 0 aliphatic heterocycles. The third kappa shape index (κ3) is 4.71. The van der Waals surface area contributed by atoms with Crippen LogP contribution in [0, 0.1) is 6.92 Å². The number of amides is 1. The Morgan fingerprint density at radius 1 is 1.36 bits per heavy atom. The fourth-order valence-corrected chi connectivity index (χ4v) is 2.38. The molecule has 2 aromatic rings. The molecule has 1 heterocycles. The van der Waals surface area contributed by atoms with Gasteiger partial charge in [0.25, 0.3) is 5.91 Å². The van der Waals surface area contributed by atoms with E-state index in [0.29, 0.717) is 16.6 Å². The fourth-order valence-electron chi connectivity index (χ4n) is 1.78. The summed E-state index contributed by atoms with van der Waals surface area (Å²) >= 11 is 9.22. The first-order chi connectivity index (χ1) is 10.6. The van der Waals surface area contributed by atoms with E-state index in [1.54, 1.807) is 18.5 Å². The summed E-state index contributed by atoms with van der Waals surface area (Å²) in [4.78, 5) is 16.1. The number of pyridine rings is 1. The van der Waals surface area contributed by atoms with E-state index in [1.807, 2.05) is 31.2 Å². The van der Waals surface area contributed by atoms with Gasteiger partial charge in [-0.3, -0.25) is 9.78 Å². The lowest BCUT2D eigenvalue weighted by Gasteiger charge is -2.17. The Kier molecular flexibility index (Phi) is 6.21. The summed E-state index contributed by atoms with van der Waals surface area (Å²) in [7, 11) is 0. The summed E-state index contributed by atoms with van der Waals surface area (Å²) in [5.41, 5.74) is 1.68. The molecule has 1 amide bonds. The summed E-state index contributed by atoms with van der Waals surface area (Å²) in [5.74, 6) is 0.799. The van der Waals surface area contributed by atoms with Gasteiger partial charge in [-0.1, -0.05) is 17.7 Å². The molecule has 0 aliphatic rings. The number of halogens is 2. The molecule has 6 heteroatoms. The summed E-state index contributed by atoms with van der Waals surface area (Å²) < 4.78 is 6.30. The minimum atomic E-state index is -0.282. The van der Waals surface area contributed by atoms with E-state index >= 15 is 0 Å². The topological polar surface area (TPSA) is 51.2 Å². The van der Waals surface area contributed by atoms with Crippen LogP contribution in [0.1, 0.15) is 15.9 Å². The van der Waals surface area contributed by atoms with Gasteiger partial charge in [-0.2, -0.15) is 0 Å². The highest BCUT2D eigenvalue weighted by Crippen LogP contribution is 2.15. The average molecular weight is 384 g/mol. The highest BCUT2D eigenvalue weighted by atomic mass is 79.9. The number of aromatic nitrogens is 1. The number of aryl methyl sites for hydroxylation is 1. The molecule has 1 atom stereocenters. The number of carbonyl (C=O) groups is 1. The van der Waals surface area contributed by atoms with Gasteiger partial charge >= 0.3 is 0 Å². The van der Waals surface area contributed by atoms with Crippen LogP contribution in [0.4, 0.5) is 0 Å². The first-order valence-electron chi connectivity index (χ1n) is 6.76. The molecule has 0 spiro atoms. The smallest absolute Gasteiger partial charge is 0.252 e. The maximum atomic E-state index is 12.2. The van der Waals surface area contributed by atoms with Crippen molar-refractivity contribution < 1.29 is 9.53 Å². The second-order valence-electron chi connectivity index (χ2n) is 4.80. The number of nitrogens with zero attached hydrogens (tertiary/aromatic N) is 1. The fraction of sp³-hybridized carbons (Fsp3) is 0.250. The third-order valence-electron chi connectivity index (χ3n) is 3.01. The molecule has 116 valence electrons. The molecular formula is C16H16BrClN2O2. The lowest BCUT2D eigenvalue weighted by Crippen LogP contribution is -2.40. The van der Waals surface area contributed by atoms with Gasteiger partial charge in [-0.25, -0.2) is 0 Å². The predicted octanol–water partition coefficient (Wildman–Crippen LogP) is 3.57. The summed E-state index contributed by atoms with van der Waals surface area (Å²) in [6.45, 7) is 2.32. The number of ether oxygens (including phenoxy) is 1. The Hall–Kier alpha value is -1.59. The molecule has 0 fully saturated rings. The van der Waals surface area contributed by atoms with Gasteiger partial charge in [0.05, 0.1) is 11.6 Å². The zero-order chi connectivity index (χ0) is 15.9. The average Bonchev–Trinajstić information content (AvgIpc) is 2.53. The molecule has 1 aromatic heterocycles. The van der Waals surface area contributed by atoms with Crippen LogP contribution in [-0.4, -0.2) is 29.4 Å². The SMILES string of the molecule is Cc1ccc(OCC(CCl)NC(=O)c2ccncc2Br)cc1. The third-order valence-corrected chi connectivity index (χ3v) is 4.02. The minimum absolute atomic E-state index is 0.215. The second kappa shape index (κ2) is 8.15. The van der Waals surface area contributed by atoms with Crippen LogP contribution in [-0.2, 0) is 0 Å². The molecule has 22 heavy (non-hydrogen) atoms. The summed E-state index contributed by atoms with van der Waals surface area (Å²) in [5, 5.41) is 2.85. The standard InChI is InChI=1S/C16H16BrClN2O2/c1-11-2-4-13(5-3-11)22-10-12(8-18)20-16(21)14-6-7-19-9-15(14)17/h2-7,9,12H,8,10H2,1H3,(H,20,21). The molecule has 0 saturated heterocycles. The molecule has 0 aliphatic carbocycles. The van der Waals surface area contributed by atoms with Crippen molar-refractivity contribution in [1.29, 1.82) is 0 Å².